The Hall–Kier alpha value is -3.28. The number of nitrogens with one attached hydrogen (secondary N) is 1. The van der Waals surface area contributed by atoms with Crippen molar-refractivity contribution in [3.63, 3.8) is 0 Å². The van der Waals surface area contributed by atoms with Crippen molar-refractivity contribution < 1.29 is 22.7 Å². The summed E-state index contributed by atoms with van der Waals surface area (Å²) in [6.07, 6.45) is 4.07. The molecular formula is C30H37F3N6O2S. The van der Waals surface area contributed by atoms with Gasteiger partial charge in [-0.2, -0.15) is 13.2 Å². The molecule has 1 atom stereocenters. The monoisotopic (exact) mass is 602 g/mol. The van der Waals surface area contributed by atoms with Crippen LogP contribution in [0.3, 0.4) is 0 Å². The van der Waals surface area contributed by atoms with Gasteiger partial charge in [0.05, 0.1) is 17.6 Å². The minimum atomic E-state index is -4.21. The summed E-state index contributed by atoms with van der Waals surface area (Å²) >= 11 is 1.09. The minimum absolute atomic E-state index is 0.0708. The van der Waals surface area contributed by atoms with Crippen molar-refractivity contribution in [1.82, 2.24) is 19.5 Å². The Balaban J connectivity index is 1.40. The zero-order valence-electron chi connectivity index (χ0n) is 24.0. The van der Waals surface area contributed by atoms with Crippen LogP contribution in [-0.2, 0) is 0 Å². The van der Waals surface area contributed by atoms with E-state index in [0.29, 0.717) is 28.2 Å². The number of hydrogen-bond donors (Lipinski definition) is 1. The number of allylic oxidation sites excluding steroid dienone is 1. The average Bonchev–Trinajstić information content (AvgIpc) is 3.49. The summed E-state index contributed by atoms with van der Waals surface area (Å²) in [7, 11) is 0. The molecule has 12 heteroatoms. The van der Waals surface area contributed by atoms with Gasteiger partial charge in [-0.3, -0.25) is 9.52 Å². The number of nitrogens with zero attached hydrogens (tertiary/aromatic N) is 5. The normalized spacial score (nSPS) is 22.4. The van der Waals surface area contributed by atoms with Gasteiger partial charge in [-0.1, -0.05) is 19.6 Å². The molecule has 2 fully saturated rings. The molecule has 2 aliphatic heterocycles. The molecule has 5 rings (SSSR count). The van der Waals surface area contributed by atoms with Gasteiger partial charge in [0.25, 0.3) is 5.91 Å². The fourth-order valence-corrected chi connectivity index (χ4v) is 6.39. The fourth-order valence-electron chi connectivity index (χ4n) is 5.83. The van der Waals surface area contributed by atoms with E-state index >= 15 is 0 Å². The van der Waals surface area contributed by atoms with Crippen LogP contribution >= 0.6 is 11.9 Å². The standard InChI is InChI=1S/C30H37F3N6O2S/c1-5-25-34-20(2)8-6-7-9-21-18-28(3,4)38(19-21)26-22(27(40)37-42-25)10-11-23(35-26)39-16-12-24(36-39)41-17-15-29(13-14-29)30(31,32)33/h5,10-12,16,21H,1-2,6-9,13-15,17-19H2,3-4H3,(H,37,40). The number of rotatable bonds is 6. The number of halogens is 3. The molecule has 1 aliphatic carbocycles. The van der Waals surface area contributed by atoms with Gasteiger partial charge >= 0.3 is 6.18 Å². The molecule has 1 saturated heterocycles. The van der Waals surface area contributed by atoms with Crippen LogP contribution in [0.15, 0.2) is 54.3 Å². The van der Waals surface area contributed by atoms with Gasteiger partial charge in [0.1, 0.15) is 10.9 Å². The molecule has 42 heavy (non-hydrogen) atoms. The molecule has 1 unspecified atom stereocenters. The molecular weight excluding hydrogens is 565 g/mol. The molecule has 4 heterocycles. The molecule has 3 aliphatic rings. The summed E-state index contributed by atoms with van der Waals surface area (Å²) in [5.74, 6) is 1.37. The number of hydrogen-bond acceptors (Lipinski definition) is 7. The maximum Gasteiger partial charge on any atom is 0.394 e. The second-order valence-electron chi connectivity index (χ2n) is 12.0. The molecule has 2 aromatic heterocycles. The van der Waals surface area contributed by atoms with Gasteiger partial charge in [-0.25, -0.2) is 14.7 Å². The average molecular weight is 603 g/mol. The van der Waals surface area contributed by atoms with E-state index in [1.165, 1.54) is 4.68 Å². The third kappa shape index (κ3) is 6.53. The summed E-state index contributed by atoms with van der Waals surface area (Å²) in [4.78, 5) is 25.1. The summed E-state index contributed by atoms with van der Waals surface area (Å²) < 4.78 is 49.7. The number of amides is 1. The van der Waals surface area contributed by atoms with Gasteiger partial charge in [0, 0.05) is 42.0 Å². The van der Waals surface area contributed by atoms with E-state index in [-0.39, 0.29) is 43.2 Å². The molecule has 0 aromatic carbocycles. The molecule has 1 N–H and O–H groups in total. The Morgan fingerprint density at radius 1 is 1.24 bits per heavy atom. The second kappa shape index (κ2) is 11.8. The Labute approximate surface area is 248 Å². The molecule has 0 radical (unpaired) electrons. The number of aromatic nitrogens is 3. The fraction of sp³-hybridized carbons (Fsp3) is 0.533. The molecule has 226 valence electrons. The highest BCUT2D eigenvalue weighted by Crippen LogP contribution is 2.59. The highest BCUT2D eigenvalue weighted by molar-refractivity contribution is 8.13. The van der Waals surface area contributed by atoms with Crippen LogP contribution in [0.2, 0.25) is 0 Å². The number of carbonyl (C=O) groups is 1. The summed E-state index contributed by atoms with van der Waals surface area (Å²) in [5.41, 5.74) is -0.674. The number of aliphatic imine (C=N–C) groups is 1. The predicted molar refractivity (Wildman–Crippen MR) is 159 cm³/mol. The van der Waals surface area contributed by atoms with E-state index in [0.717, 1.165) is 56.3 Å². The first kappa shape index (κ1) is 30.2. The molecule has 0 spiro atoms. The van der Waals surface area contributed by atoms with Crippen LogP contribution in [0, 0.1) is 11.3 Å². The van der Waals surface area contributed by atoms with E-state index in [2.05, 4.69) is 46.7 Å². The van der Waals surface area contributed by atoms with E-state index in [4.69, 9.17) is 9.72 Å². The zero-order chi connectivity index (χ0) is 30.1. The smallest absolute Gasteiger partial charge is 0.394 e. The lowest BCUT2D eigenvalue weighted by Gasteiger charge is -2.34. The van der Waals surface area contributed by atoms with Crippen molar-refractivity contribution in [3.8, 4) is 11.7 Å². The first-order valence-corrected chi connectivity index (χ1v) is 15.1. The van der Waals surface area contributed by atoms with Gasteiger partial charge in [0.15, 0.2) is 5.82 Å². The van der Waals surface area contributed by atoms with E-state index in [1.54, 1.807) is 30.5 Å². The molecule has 1 saturated carbocycles. The number of pyridine rings is 1. The Bertz CT molecular complexity index is 1380. The molecule has 2 bridgehead atoms. The lowest BCUT2D eigenvalue weighted by atomic mass is 9.92. The summed E-state index contributed by atoms with van der Waals surface area (Å²) in [5, 5.41) is 4.96. The van der Waals surface area contributed by atoms with E-state index in [9.17, 15) is 18.0 Å². The summed E-state index contributed by atoms with van der Waals surface area (Å²) in [6, 6.07) is 5.02. The predicted octanol–water partition coefficient (Wildman–Crippen LogP) is 7.03. The highest BCUT2D eigenvalue weighted by atomic mass is 32.2. The van der Waals surface area contributed by atoms with Crippen molar-refractivity contribution in [2.45, 2.75) is 76.9 Å². The molecule has 8 nitrogen and oxygen atoms in total. The number of anilines is 1. The van der Waals surface area contributed by atoms with Crippen molar-refractivity contribution in [3.05, 3.63) is 54.9 Å². The Kier molecular flexibility index (Phi) is 8.46. The Morgan fingerprint density at radius 2 is 2.02 bits per heavy atom. The SMILES string of the molecule is C=CC1=NC(=C)CCCCC2CN(c3nc(-n4ccc(OCCC5(C(F)(F)F)CC5)n4)ccc3C(=O)NS1)C(C)(C)C2. The number of carbonyl (C=O) groups excluding carboxylic acids is 1. The van der Waals surface area contributed by atoms with Crippen LogP contribution < -0.4 is 14.4 Å². The lowest BCUT2D eigenvalue weighted by Crippen LogP contribution is -2.40. The van der Waals surface area contributed by atoms with Crippen molar-refractivity contribution in [2.24, 2.45) is 16.3 Å². The topological polar surface area (TPSA) is 84.6 Å². The van der Waals surface area contributed by atoms with Crippen LogP contribution in [0.1, 0.15) is 75.6 Å². The van der Waals surface area contributed by atoms with Crippen molar-refractivity contribution in [2.75, 3.05) is 18.1 Å². The minimum Gasteiger partial charge on any atom is -0.477 e. The second-order valence-corrected chi connectivity index (χ2v) is 12.8. The maximum absolute atomic E-state index is 13.5. The van der Waals surface area contributed by atoms with E-state index < -0.39 is 11.6 Å². The third-order valence-corrected chi connectivity index (χ3v) is 9.18. The van der Waals surface area contributed by atoms with Gasteiger partial charge in [-0.05, 0) is 82.9 Å². The number of fused-ring (bicyclic) bond motifs is 4. The first-order valence-electron chi connectivity index (χ1n) is 14.3. The number of ether oxygens (including phenoxy) is 1. The van der Waals surface area contributed by atoms with E-state index in [1.807, 2.05) is 0 Å². The van der Waals surface area contributed by atoms with Crippen LogP contribution in [0.5, 0.6) is 5.88 Å². The molecule has 1 amide bonds. The highest BCUT2D eigenvalue weighted by Gasteiger charge is 2.62. The quantitative estimate of drug-likeness (QED) is 0.357. The number of alkyl halides is 3. The lowest BCUT2D eigenvalue weighted by molar-refractivity contribution is -0.190. The van der Waals surface area contributed by atoms with Crippen LogP contribution in [-0.4, -0.2) is 50.6 Å². The van der Waals surface area contributed by atoms with Gasteiger partial charge in [0.2, 0.25) is 5.88 Å². The maximum atomic E-state index is 13.5. The third-order valence-electron chi connectivity index (χ3n) is 8.42. The Morgan fingerprint density at radius 3 is 2.74 bits per heavy atom. The van der Waals surface area contributed by atoms with Gasteiger partial charge < -0.3 is 9.64 Å². The van der Waals surface area contributed by atoms with Crippen LogP contribution in [0.4, 0.5) is 19.0 Å². The largest absolute Gasteiger partial charge is 0.477 e. The van der Waals surface area contributed by atoms with Crippen molar-refractivity contribution >= 4 is 28.7 Å². The van der Waals surface area contributed by atoms with Crippen LogP contribution in [0.25, 0.3) is 5.82 Å². The summed E-state index contributed by atoms with van der Waals surface area (Å²) in [6.45, 7) is 12.9. The first-order chi connectivity index (χ1) is 19.9. The zero-order valence-corrected chi connectivity index (χ0v) is 24.9. The molecule has 2 aromatic rings. The van der Waals surface area contributed by atoms with Crippen molar-refractivity contribution in [1.29, 1.82) is 0 Å². The van der Waals surface area contributed by atoms with Gasteiger partial charge in [-0.15, -0.1) is 5.10 Å².